The van der Waals surface area contributed by atoms with Crippen molar-refractivity contribution < 1.29 is 9.59 Å². The lowest BCUT2D eigenvalue weighted by Crippen LogP contribution is -2.50. The molecule has 0 heterocycles. The molecule has 2 atom stereocenters. The van der Waals surface area contributed by atoms with Gasteiger partial charge in [-0.1, -0.05) is 20.3 Å². The number of hydrogen-bond donors (Lipinski definition) is 2. The summed E-state index contributed by atoms with van der Waals surface area (Å²) in [5, 5.41) is 2.67. The van der Waals surface area contributed by atoms with Crippen molar-refractivity contribution >= 4 is 11.8 Å². The zero-order chi connectivity index (χ0) is 13.4. The Hall–Kier alpha value is -1.10. The van der Waals surface area contributed by atoms with E-state index in [1.54, 1.807) is 0 Å². The molecule has 0 spiro atoms. The van der Waals surface area contributed by atoms with Crippen molar-refractivity contribution in [1.29, 1.82) is 0 Å². The highest BCUT2D eigenvalue weighted by Gasteiger charge is 2.25. The number of carbonyl (C=O) groups excluding carboxylic acids is 2. The first-order chi connectivity index (χ1) is 7.97. The minimum absolute atomic E-state index is 0.0906. The smallest absolute Gasteiger partial charge is 0.240 e. The lowest BCUT2D eigenvalue weighted by molar-refractivity contribution is -0.137. The van der Waals surface area contributed by atoms with Crippen molar-refractivity contribution in [2.75, 3.05) is 19.6 Å². The molecule has 2 amide bonds. The van der Waals surface area contributed by atoms with Gasteiger partial charge in [0.1, 0.15) is 0 Å². The molecule has 0 bridgehead atoms. The molecule has 100 valence electrons. The zero-order valence-corrected chi connectivity index (χ0v) is 11.3. The number of carbonyl (C=O) groups is 2. The third-order valence-electron chi connectivity index (χ3n) is 2.94. The number of nitrogens with zero attached hydrogens (tertiary/aromatic N) is 1. The second-order valence-electron chi connectivity index (χ2n) is 4.22. The van der Waals surface area contributed by atoms with Crippen LogP contribution in [0.25, 0.3) is 0 Å². The number of hydrogen-bond acceptors (Lipinski definition) is 3. The van der Waals surface area contributed by atoms with Crippen LogP contribution in [-0.2, 0) is 9.59 Å². The molecule has 17 heavy (non-hydrogen) atoms. The average Bonchev–Trinajstić information content (AvgIpc) is 2.33. The van der Waals surface area contributed by atoms with Crippen LogP contribution < -0.4 is 11.1 Å². The predicted molar refractivity (Wildman–Crippen MR) is 68.4 cm³/mol. The second kappa shape index (κ2) is 8.06. The second-order valence-corrected chi connectivity index (χ2v) is 4.22. The van der Waals surface area contributed by atoms with Crippen molar-refractivity contribution in [2.45, 2.75) is 40.2 Å². The summed E-state index contributed by atoms with van der Waals surface area (Å²) in [6.45, 7) is 8.80. The number of nitrogens with one attached hydrogen (secondary N) is 1. The Morgan fingerprint density at radius 2 is 1.88 bits per heavy atom. The summed E-state index contributed by atoms with van der Waals surface area (Å²) in [5.41, 5.74) is 5.87. The lowest BCUT2D eigenvalue weighted by atomic mass is 9.99. The summed E-state index contributed by atoms with van der Waals surface area (Å²) in [5.74, 6) is -0.155. The fourth-order valence-electron chi connectivity index (χ4n) is 1.48. The lowest BCUT2D eigenvalue weighted by Gasteiger charge is -2.26. The molecular formula is C12H25N3O2. The van der Waals surface area contributed by atoms with Crippen LogP contribution in [0.5, 0.6) is 0 Å². The molecule has 0 aromatic rings. The van der Waals surface area contributed by atoms with E-state index in [-0.39, 0.29) is 24.3 Å². The molecular weight excluding hydrogens is 218 g/mol. The van der Waals surface area contributed by atoms with Crippen LogP contribution in [0.2, 0.25) is 0 Å². The number of likely N-dealkylation sites (N-methyl/N-ethyl adjacent to an activating group) is 2. The Labute approximate surface area is 104 Å². The Bertz CT molecular complexity index is 256. The van der Waals surface area contributed by atoms with E-state index in [1.165, 1.54) is 4.90 Å². The molecule has 5 nitrogen and oxygen atoms in total. The van der Waals surface area contributed by atoms with Gasteiger partial charge in [0.05, 0.1) is 12.6 Å². The Kier molecular flexibility index (Phi) is 7.54. The van der Waals surface area contributed by atoms with Crippen molar-refractivity contribution in [2.24, 2.45) is 11.7 Å². The van der Waals surface area contributed by atoms with Crippen LogP contribution in [0.15, 0.2) is 0 Å². The maximum atomic E-state index is 12.0. The monoisotopic (exact) mass is 243 g/mol. The van der Waals surface area contributed by atoms with Crippen LogP contribution in [0.4, 0.5) is 0 Å². The van der Waals surface area contributed by atoms with E-state index in [1.807, 2.05) is 27.7 Å². The van der Waals surface area contributed by atoms with E-state index >= 15 is 0 Å². The first-order valence-electron chi connectivity index (χ1n) is 6.28. The van der Waals surface area contributed by atoms with Crippen molar-refractivity contribution in [3.05, 3.63) is 0 Å². The van der Waals surface area contributed by atoms with E-state index in [4.69, 9.17) is 5.73 Å². The van der Waals surface area contributed by atoms with E-state index in [0.29, 0.717) is 13.1 Å². The molecule has 0 aromatic carbocycles. The van der Waals surface area contributed by atoms with Gasteiger partial charge in [0.15, 0.2) is 0 Å². The molecule has 5 heteroatoms. The van der Waals surface area contributed by atoms with Crippen molar-refractivity contribution in [3.8, 4) is 0 Å². The Morgan fingerprint density at radius 1 is 1.29 bits per heavy atom. The summed E-state index contributed by atoms with van der Waals surface area (Å²) < 4.78 is 0. The molecule has 0 aromatic heterocycles. The largest absolute Gasteiger partial charge is 0.355 e. The molecule has 0 rings (SSSR count). The van der Waals surface area contributed by atoms with Gasteiger partial charge in [0.25, 0.3) is 0 Å². The molecule has 0 aliphatic rings. The van der Waals surface area contributed by atoms with Crippen molar-refractivity contribution in [1.82, 2.24) is 10.2 Å². The van der Waals surface area contributed by atoms with E-state index in [0.717, 1.165) is 6.42 Å². The highest BCUT2D eigenvalue weighted by molar-refractivity contribution is 5.87. The van der Waals surface area contributed by atoms with E-state index in [2.05, 4.69) is 5.32 Å². The third kappa shape index (κ3) is 5.17. The van der Waals surface area contributed by atoms with Crippen LogP contribution in [0, 0.1) is 5.92 Å². The van der Waals surface area contributed by atoms with Gasteiger partial charge in [-0.25, -0.2) is 0 Å². The average molecular weight is 243 g/mol. The van der Waals surface area contributed by atoms with Gasteiger partial charge in [0, 0.05) is 13.1 Å². The minimum atomic E-state index is -0.519. The van der Waals surface area contributed by atoms with Gasteiger partial charge in [-0.05, 0) is 19.8 Å². The van der Waals surface area contributed by atoms with Gasteiger partial charge in [-0.15, -0.1) is 0 Å². The third-order valence-corrected chi connectivity index (χ3v) is 2.94. The maximum Gasteiger partial charge on any atom is 0.240 e. The minimum Gasteiger partial charge on any atom is -0.355 e. The fourth-order valence-corrected chi connectivity index (χ4v) is 1.48. The molecule has 0 saturated heterocycles. The summed E-state index contributed by atoms with van der Waals surface area (Å²) in [7, 11) is 0. The molecule has 0 saturated carbocycles. The molecule has 3 N–H and O–H groups in total. The highest BCUT2D eigenvalue weighted by atomic mass is 16.2. The normalized spacial score (nSPS) is 13.9. The quantitative estimate of drug-likeness (QED) is 0.677. The number of amides is 2. The maximum absolute atomic E-state index is 12.0. The number of nitrogens with two attached hydrogens (primary N) is 1. The standard InChI is InChI=1S/C12H25N3O2/c1-5-9(4)11(13)12(17)15(7-3)8-10(16)14-6-2/h9,11H,5-8,13H2,1-4H3,(H,14,16)/t9-,11-/m0/s1. The summed E-state index contributed by atoms with van der Waals surface area (Å²) in [4.78, 5) is 25.0. The summed E-state index contributed by atoms with van der Waals surface area (Å²) in [6, 6.07) is -0.519. The molecule has 0 aliphatic heterocycles. The van der Waals surface area contributed by atoms with Crippen LogP contribution in [0.3, 0.4) is 0 Å². The predicted octanol–water partition coefficient (Wildman–Crippen LogP) is 0.344. The number of rotatable bonds is 7. The van der Waals surface area contributed by atoms with Crippen LogP contribution in [-0.4, -0.2) is 42.4 Å². The molecule has 0 fully saturated rings. The van der Waals surface area contributed by atoms with Gasteiger partial charge in [-0.3, -0.25) is 9.59 Å². The molecule has 0 unspecified atom stereocenters. The van der Waals surface area contributed by atoms with Gasteiger partial charge in [-0.2, -0.15) is 0 Å². The summed E-state index contributed by atoms with van der Waals surface area (Å²) in [6.07, 6.45) is 0.853. The van der Waals surface area contributed by atoms with Gasteiger partial charge in [0.2, 0.25) is 11.8 Å². The fraction of sp³-hybridized carbons (Fsp3) is 0.833. The topological polar surface area (TPSA) is 75.4 Å². The van der Waals surface area contributed by atoms with E-state index < -0.39 is 6.04 Å². The molecule has 0 radical (unpaired) electrons. The summed E-state index contributed by atoms with van der Waals surface area (Å²) >= 11 is 0. The first-order valence-corrected chi connectivity index (χ1v) is 6.28. The zero-order valence-electron chi connectivity index (χ0n) is 11.3. The SMILES string of the molecule is CCNC(=O)CN(CC)C(=O)[C@@H](N)[C@@H](C)CC. The Balaban J connectivity index is 4.44. The van der Waals surface area contributed by atoms with Crippen LogP contribution in [0.1, 0.15) is 34.1 Å². The molecule has 0 aliphatic carbocycles. The van der Waals surface area contributed by atoms with Gasteiger partial charge >= 0.3 is 0 Å². The van der Waals surface area contributed by atoms with Gasteiger partial charge < -0.3 is 16.0 Å². The van der Waals surface area contributed by atoms with Crippen LogP contribution >= 0.6 is 0 Å². The van der Waals surface area contributed by atoms with E-state index in [9.17, 15) is 9.59 Å². The van der Waals surface area contributed by atoms with Crippen molar-refractivity contribution in [3.63, 3.8) is 0 Å². The first kappa shape index (κ1) is 15.9. The Morgan fingerprint density at radius 3 is 2.29 bits per heavy atom. The highest BCUT2D eigenvalue weighted by Crippen LogP contribution is 2.08.